The summed E-state index contributed by atoms with van der Waals surface area (Å²) in [6, 6.07) is 15.0. The van der Waals surface area contributed by atoms with Crippen molar-refractivity contribution >= 4 is 46.6 Å². The van der Waals surface area contributed by atoms with Crippen LogP contribution in [0.2, 0.25) is 5.02 Å². The predicted molar refractivity (Wildman–Crippen MR) is 110 cm³/mol. The average molecular weight is 415 g/mol. The maximum atomic E-state index is 12.3. The van der Waals surface area contributed by atoms with Crippen LogP contribution in [0.3, 0.4) is 0 Å². The van der Waals surface area contributed by atoms with E-state index in [1.807, 2.05) is 6.07 Å². The summed E-state index contributed by atoms with van der Waals surface area (Å²) in [6.07, 6.45) is 0. The topological polar surface area (TPSA) is 118 Å². The number of carbonyl (C=O) groups is 2. The molecule has 0 saturated carbocycles. The molecule has 1 aromatic heterocycles. The van der Waals surface area contributed by atoms with Crippen molar-refractivity contribution in [1.29, 1.82) is 0 Å². The molecule has 0 radical (unpaired) electrons. The zero-order valence-electron chi connectivity index (χ0n) is 14.4. The predicted octanol–water partition coefficient (Wildman–Crippen LogP) is 3.23. The molecule has 3 aromatic rings. The van der Waals surface area contributed by atoms with Crippen molar-refractivity contribution in [2.24, 2.45) is 0 Å². The van der Waals surface area contributed by atoms with Crippen molar-refractivity contribution in [3.05, 3.63) is 81.1 Å². The Morgan fingerprint density at radius 1 is 1.07 bits per heavy atom. The Hall–Kier alpha value is -3.10. The monoisotopic (exact) mass is 414 g/mol. The summed E-state index contributed by atoms with van der Waals surface area (Å²) in [5.74, 6) is -0.675. The minimum absolute atomic E-state index is 0.0862. The molecule has 0 aliphatic heterocycles. The molecule has 28 heavy (non-hydrogen) atoms. The molecule has 0 aliphatic rings. The van der Waals surface area contributed by atoms with Crippen molar-refractivity contribution in [3.8, 4) is 0 Å². The number of hydrogen-bond acceptors (Lipinski definition) is 6. The van der Waals surface area contributed by atoms with E-state index in [9.17, 15) is 14.4 Å². The van der Waals surface area contributed by atoms with Gasteiger partial charge in [0, 0.05) is 16.1 Å². The van der Waals surface area contributed by atoms with E-state index in [-0.39, 0.29) is 28.2 Å². The number of amides is 1. The van der Waals surface area contributed by atoms with Crippen LogP contribution in [0, 0.1) is 0 Å². The maximum absolute atomic E-state index is 12.3. The molecule has 3 rings (SSSR count). The van der Waals surface area contributed by atoms with Gasteiger partial charge in [-0.05, 0) is 24.3 Å². The number of aromatic amines is 1. The summed E-state index contributed by atoms with van der Waals surface area (Å²) < 4.78 is 0. The van der Waals surface area contributed by atoms with E-state index in [2.05, 4.69) is 15.3 Å². The molecule has 4 N–H and O–H groups in total. The van der Waals surface area contributed by atoms with Crippen LogP contribution < -0.4 is 16.6 Å². The second-order valence-electron chi connectivity index (χ2n) is 5.67. The van der Waals surface area contributed by atoms with Crippen LogP contribution in [0.5, 0.6) is 0 Å². The molecule has 7 nitrogen and oxygen atoms in total. The number of rotatable bonds is 6. The lowest BCUT2D eigenvalue weighted by Crippen LogP contribution is -2.23. The number of thioether (sulfide) groups is 1. The van der Waals surface area contributed by atoms with Crippen LogP contribution in [0.4, 0.5) is 11.5 Å². The summed E-state index contributed by atoms with van der Waals surface area (Å²) in [5.41, 5.74) is 5.95. The van der Waals surface area contributed by atoms with Crippen molar-refractivity contribution in [2.45, 2.75) is 5.16 Å². The van der Waals surface area contributed by atoms with Gasteiger partial charge in [0.15, 0.2) is 16.8 Å². The van der Waals surface area contributed by atoms with Gasteiger partial charge in [0.05, 0.1) is 5.75 Å². The summed E-state index contributed by atoms with van der Waals surface area (Å²) in [5, 5.41) is 3.12. The largest absolute Gasteiger partial charge is 0.382 e. The van der Waals surface area contributed by atoms with Gasteiger partial charge in [-0.3, -0.25) is 19.4 Å². The van der Waals surface area contributed by atoms with Gasteiger partial charge >= 0.3 is 0 Å². The molecule has 0 bridgehead atoms. The van der Waals surface area contributed by atoms with Gasteiger partial charge in [-0.1, -0.05) is 53.7 Å². The quantitative estimate of drug-likeness (QED) is 0.324. The van der Waals surface area contributed by atoms with E-state index >= 15 is 0 Å². The highest BCUT2D eigenvalue weighted by atomic mass is 35.5. The Kier molecular flexibility index (Phi) is 6.13. The first-order chi connectivity index (χ1) is 13.4. The number of H-pyrrole nitrogens is 1. The number of Topliss-reactive ketones (excluding diaryl/α,β-unsaturated/α-hetero) is 1. The summed E-state index contributed by atoms with van der Waals surface area (Å²) in [4.78, 5) is 43.3. The number of halogens is 1. The third-order valence-corrected chi connectivity index (χ3v) is 4.83. The Morgan fingerprint density at radius 2 is 1.75 bits per heavy atom. The number of hydrogen-bond donors (Lipinski definition) is 3. The number of aromatic nitrogens is 2. The SMILES string of the molecule is Nc1nc(SCC(=O)c2ccccc2)[nH]c(=O)c1NC(=O)c1ccc(Cl)cc1. The number of nitrogens with two attached hydrogens (primary N) is 1. The molecule has 142 valence electrons. The fourth-order valence-corrected chi connectivity index (χ4v) is 3.17. The first-order valence-corrected chi connectivity index (χ1v) is 9.48. The van der Waals surface area contributed by atoms with E-state index in [4.69, 9.17) is 17.3 Å². The maximum Gasteiger partial charge on any atom is 0.277 e. The van der Waals surface area contributed by atoms with Gasteiger partial charge in [0.25, 0.3) is 11.5 Å². The molecule has 0 fully saturated rings. The van der Waals surface area contributed by atoms with Crippen molar-refractivity contribution in [2.75, 3.05) is 16.8 Å². The van der Waals surface area contributed by atoms with E-state index in [0.29, 0.717) is 16.1 Å². The Bertz CT molecular complexity index is 1070. The van der Waals surface area contributed by atoms with Gasteiger partial charge in [-0.2, -0.15) is 0 Å². The van der Waals surface area contributed by atoms with Gasteiger partial charge in [0.2, 0.25) is 0 Å². The molecular weight excluding hydrogens is 400 g/mol. The molecule has 0 saturated heterocycles. The molecule has 0 spiro atoms. The first kappa shape index (κ1) is 19.7. The van der Waals surface area contributed by atoms with E-state index in [1.54, 1.807) is 36.4 Å². The normalized spacial score (nSPS) is 10.5. The second kappa shape index (κ2) is 8.73. The van der Waals surface area contributed by atoms with Crippen molar-refractivity contribution in [3.63, 3.8) is 0 Å². The Labute approximate surface area is 169 Å². The Morgan fingerprint density at radius 3 is 2.39 bits per heavy atom. The molecule has 0 unspecified atom stereocenters. The first-order valence-electron chi connectivity index (χ1n) is 8.12. The zero-order chi connectivity index (χ0) is 20.1. The van der Waals surface area contributed by atoms with Crippen LogP contribution in [0.25, 0.3) is 0 Å². The lowest BCUT2D eigenvalue weighted by Gasteiger charge is -2.08. The molecule has 1 amide bonds. The van der Waals surface area contributed by atoms with Gasteiger partial charge in [-0.15, -0.1) is 0 Å². The molecule has 1 heterocycles. The van der Waals surface area contributed by atoms with Crippen molar-refractivity contribution < 1.29 is 9.59 Å². The smallest absolute Gasteiger partial charge is 0.277 e. The summed E-state index contributed by atoms with van der Waals surface area (Å²) in [7, 11) is 0. The van der Waals surface area contributed by atoms with Crippen LogP contribution in [0.15, 0.2) is 64.5 Å². The third kappa shape index (κ3) is 4.79. The minimum atomic E-state index is -0.607. The van der Waals surface area contributed by atoms with Crippen LogP contribution in [-0.4, -0.2) is 27.4 Å². The highest BCUT2D eigenvalue weighted by molar-refractivity contribution is 7.99. The number of nitrogens with zero attached hydrogens (tertiary/aromatic N) is 1. The fourth-order valence-electron chi connectivity index (χ4n) is 2.29. The summed E-state index contributed by atoms with van der Waals surface area (Å²) in [6.45, 7) is 0. The van der Waals surface area contributed by atoms with E-state index < -0.39 is 11.5 Å². The number of benzene rings is 2. The average Bonchev–Trinajstić information content (AvgIpc) is 2.70. The number of nitrogens with one attached hydrogen (secondary N) is 2. The van der Waals surface area contributed by atoms with Gasteiger partial charge in [0.1, 0.15) is 5.69 Å². The molecular formula is C19H15ClN4O3S. The lowest BCUT2D eigenvalue weighted by atomic mass is 10.2. The highest BCUT2D eigenvalue weighted by Gasteiger charge is 2.15. The number of anilines is 2. The highest BCUT2D eigenvalue weighted by Crippen LogP contribution is 2.19. The van der Waals surface area contributed by atoms with Crippen LogP contribution in [0.1, 0.15) is 20.7 Å². The number of nitrogen functional groups attached to an aromatic ring is 1. The lowest BCUT2D eigenvalue weighted by molar-refractivity contribution is 0.101. The standard InChI is InChI=1S/C19H15ClN4O3S/c20-13-8-6-12(7-9-13)17(26)22-15-16(21)23-19(24-18(15)27)28-10-14(25)11-4-2-1-3-5-11/h1-9H,10H2,(H,22,26)(H3,21,23,24,27). The molecule has 0 aliphatic carbocycles. The van der Waals surface area contributed by atoms with Crippen LogP contribution in [-0.2, 0) is 0 Å². The molecule has 0 atom stereocenters. The van der Waals surface area contributed by atoms with Gasteiger partial charge in [-0.25, -0.2) is 4.98 Å². The third-order valence-electron chi connectivity index (χ3n) is 3.71. The fraction of sp³-hybridized carbons (Fsp3) is 0.0526. The Balaban J connectivity index is 1.70. The number of carbonyl (C=O) groups excluding carboxylic acids is 2. The minimum Gasteiger partial charge on any atom is -0.382 e. The van der Waals surface area contributed by atoms with E-state index in [0.717, 1.165) is 11.8 Å². The zero-order valence-corrected chi connectivity index (χ0v) is 16.0. The molecule has 9 heteroatoms. The summed E-state index contributed by atoms with van der Waals surface area (Å²) >= 11 is 6.85. The van der Waals surface area contributed by atoms with Crippen LogP contribution >= 0.6 is 23.4 Å². The molecule has 2 aromatic carbocycles. The second-order valence-corrected chi connectivity index (χ2v) is 7.07. The van der Waals surface area contributed by atoms with E-state index in [1.165, 1.54) is 12.1 Å². The number of ketones is 1. The van der Waals surface area contributed by atoms with Gasteiger partial charge < -0.3 is 11.1 Å². The van der Waals surface area contributed by atoms with Crippen molar-refractivity contribution in [1.82, 2.24) is 9.97 Å².